The van der Waals surface area contributed by atoms with Crippen LogP contribution in [0.3, 0.4) is 0 Å². The van der Waals surface area contributed by atoms with Crippen molar-refractivity contribution in [1.29, 1.82) is 0 Å². The lowest BCUT2D eigenvalue weighted by Crippen LogP contribution is -1.93. The quantitative estimate of drug-likeness (QED) is 0.646. The molecular weight excluding hydrogens is 277 g/mol. The molecule has 1 aromatic heterocycles. The number of pyridine rings is 1. The second-order valence-corrected chi connectivity index (χ2v) is 5.00. The number of aromatic nitrogens is 1. The number of hydrogen-bond acceptors (Lipinski definition) is 1. The van der Waals surface area contributed by atoms with Crippen LogP contribution in [0.5, 0.6) is 0 Å². The smallest absolute Gasteiger partial charge is 0.0686 e. The Balaban J connectivity index is 2.82. The SMILES string of the molecule is Cc1ccnc(C)c1-c1c(Cl)ccc(Cl)c1Cl. The summed E-state index contributed by atoms with van der Waals surface area (Å²) in [5.74, 6) is 0. The minimum absolute atomic E-state index is 0.471. The molecule has 0 aliphatic rings. The number of hydrogen-bond donors (Lipinski definition) is 0. The van der Waals surface area contributed by atoms with Gasteiger partial charge >= 0.3 is 0 Å². The maximum absolute atomic E-state index is 6.23. The monoisotopic (exact) mass is 285 g/mol. The molecule has 0 spiro atoms. The highest BCUT2D eigenvalue weighted by Crippen LogP contribution is 2.41. The van der Waals surface area contributed by atoms with E-state index >= 15 is 0 Å². The number of rotatable bonds is 1. The Hall–Kier alpha value is -0.760. The average Bonchev–Trinajstić information content (AvgIpc) is 2.28. The highest BCUT2D eigenvalue weighted by atomic mass is 35.5. The highest BCUT2D eigenvalue weighted by Gasteiger charge is 2.16. The van der Waals surface area contributed by atoms with Gasteiger partial charge in [-0.1, -0.05) is 34.8 Å². The molecule has 88 valence electrons. The first kappa shape index (κ1) is 12.7. The largest absolute Gasteiger partial charge is 0.261 e. The molecule has 0 unspecified atom stereocenters. The van der Waals surface area contributed by atoms with Crippen molar-refractivity contribution in [2.75, 3.05) is 0 Å². The van der Waals surface area contributed by atoms with E-state index in [0.29, 0.717) is 15.1 Å². The van der Waals surface area contributed by atoms with Crippen molar-refractivity contribution in [1.82, 2.24) is 4.98 Å². The predicted octanol–water partition coefficient (Wildman–Crippen LogP) is 5.33. The van der Waals surface area contributed by atoms with E-state index < -0.39 is 0 Å². The van der Waals surface area contributed by atoms with Gasteiger partial charge in [0.15, 0.2) is 0 Å². The third-order valence-electron chi connectivity index (χ3n) is 2.64. The van der Waals surface area contributed by atoms with Gasteiger partial charge in [-0.25, -0.2) is 0 Å². The van der Waals surface area contributed by atoms with Crippen molar-refractivity contribution in [2.45, 2.75) is 13.8 Å². The summed E-state index contributed by atoms with van der Waals surface area (Å²) in [5, 5.41) is 1.55. The van der Waals surface area contributed by atoms with Gasteiger partial charge in [0.1, 0.15) is 0 Å². The standard InChI is InChI=1S/C13H10Cl3N/c1-7-5-6-17-8(2)11(7)12-9(14)3-4-10(15)13(12)16/h3-6H,1-2H3. The molecule has 1 aromatic carbocycles. The Kier molecular flexibility index (Phi) is 3.62. The van der Waals surface area contributed by atoms with Crippen LogP contribution in [0.1, 0.15) is 11.3 Å². The van der Waals surface area contributed by atoms with Gasteiger partial charge in [0, 0.05) is 23.0 Å². The minimum Gasteiger partial charge on any atom is -0.261 e. The summed E-state index contributed by atoms with van der Waals surface area (Å²) in [6.07, 6.45) is 1.76. The topological polar surface area (TPSA) is 12.9 Å². The second kappa shape index (κ2) is 4.85. The molecule has 2 rings (SSSR count). The van der Waals surface area contributed by atoms with E-state index in [-0.39, 0.29) is 0 Å². The first-order valence-corrected chi connectivity index (χ1v) is 6.22. The van der Waals surface area contributed by atoms with Gasteiger partial charge in [-0.05, 0) is 37.6 Å². The van der Waals surface area contributed by atoms with Crippen LogP contribution in [0.15, 0.2) is 24.4 Å². The van der Waals surface area contributed by atoms with E-state index in [4.69, 9.17) is 34.8 Å². The Labute approximate surface area is 115 Å². The second-order valence-electron chi connectivity index (χ2n) is 3.81. The van der Waals surface area contributed by atoms with Gasteiger partial charge < -0.3 is 0 Å². The summed E-state index contributed by atoms with van der Waals surface area (Å²) in [5.41, 5.74) is 3.66. The van der Waals surface area contributed by atoms with E-state index in [2.05, 4.69) is 4.98 Å². The van der Waals surface area contributed by atoms with Crippen molar-refractivity contribution >= 4 is 34.8 Å². The summed E-state index contributed by atoms with van der Waals surface area (Å²) < 4.78 is 0. The van der Waals surface area contributed by atoms with E-state index in [1.54, 1.807) is 18.3 Å². The number of nitrogens with zero attached hydrogens (tertiary/aromatic N) is 1. The number of halogens is 3. The van der Waals surface area contributed by atoms with Crippen molar-refractivity contribution in [3.8, 4) is 11.1 Å². The van der Waals surface area contributed by atoms with E-state index in [9.17, 15) is 0 Å². The van der Waals surface area contributed by atoms with E-state index in [0.717, 1.165) is 22.4 Å². The van der Waals surface area contributed by atoms with Crippen LogP contribution >= 0.6 is 34.8 Å². The molecule has 0 bridgehead atoms. The molecular formula is C13H10Cl3N. The van der Waals surface area contributed by atoms with Crippen LogP contribution in [0.25, 0.3) is 11.1 Å². The lowest BCUT2D eigenvalue weighted by Gasteiger charge is -2.13. The van der Waals surface area contributed by atoms with Crippen molar-refractivity contribution in [2.24, 2.45) is 0 Å². The molecule has 0 N–H and O–H groups in total. The Morgan fingerprint density at radius 1 is 0.882 bits per heavy atom. The Morgan fingerprint density at radius 3 is 2.18 bits per heavy atom. The van der Waals surface area contributed by atoms with E-state index in [1.165, 1.54) is 0 Å². The summed E-state index contributed by atoms with van der Waals surface area (Å²) in [4.78, 5) is 4.27. The van der Waals surface area contributed by atoms with Crippen LogP contribution in [-0.4, -0.2) is 4.98 Å². The molecule has 1 nitrogen and oxygen atoms in total. The van der Waals surface area contributed by atoms with Gasteiger partial charge in [0.25, 0.3) is 0 Å². The zero-order valence-electron chi connectivity index (χ0n) is 9.39. The van der Waals surface area contributed by atoms with Gasteiger partial charge in [0.2, 0.25) is 0 Å². The number of aryl methyl sites for hydroxylation is 2. The molecule has 1 heterocycles. The molecule has 17 heavy (non-hydrogen) atoms. The molecule has 0 atom stereocenters. The molecule has 0 saturated carbocycles. The molecule has 0 aliphatic carbocycles. The molecule has 0 radical (unpaired) electrons. The Morgan fingerprint density at radius 2 is 1.53 bits per heavy atom. The fourth-order valence-corrected chi connectivity index (χ4v) is 2.55. The molecule has 4 heteroatoms. The highest BCUT2D eigenvalue weighted by molar-refractivity contribution is 6.46. The molecule has 0 saturated heterocycles. The van der Waals surface area contributed by atoms with Gasteiger partial charge in [-0.2, -0.15) is 0 Å². The van der Waals surface area contributed by atoms with Crippen LogP contribution in [0.2, 0.25) is 15.1 Å². The lowest BCUT2D eigenvalue weighted by molar-refractivity contribution is 1.18. The van der Waals surface area contributed by atoms with Gasteiger partial charge in [0.05, 0.1) is 15.1 Å². The van der Waals surface area contributed by atoms with E-state index in [1.807, 2.05) is 19.9 Å². The van der Waals surface area contributed by atoms with Crippen LogP contribution < -0.4 is 0 Å². The lowest BCUT2D eigenvalue weighted by atomic mass is 9.99. The van der Waals surface area contributed by atoms with Crippen molar-refractivity contribution in [3.05, 3.63) is 50.7 Å². The first-order chi connectivity index (χ1) is 8.02. The average molecular weight is 287 g/mol. The molecule has 0 aliphatic heterocycles. The Bertz CT molecular complexity index is 559. The van der Waals surface area contributed by atoms with Gasteiger partial charge in [-0.15, -0.1) is 0 Å². The summed E-state index contributed by atoms with van der Waals surface area (Å²) >= 11 is 18.5. The van der Waals surface area contributed by atoms with Gasteiger partial charge in [-0.3, -0.25) is 4.98 Å². The molecule has 0 fully saturated rings. The predicted molar refractivity (Wildman–Crippen MR) is 74.2 cm³/mol. The zero-order chi connectivity index (χ0) is 12.6. The fourth-order valence-electron chi connectivity index (χ4n) is 1.83. The summed E-state index contributed by atoms with van der Waals surface area (Å²) in [6.45, 7) is 3.92. The molecule has 2 aromatic rings. The van der Waals surface area contributed by atoms with Crippen LogP contribution in [0, 0.1) is 13.8 Å². The first-order valence-electron chi connectivity index (χ1n) is 5.08. The third-order valence-corrected chi connectivity index (χ3v) is 3.76. The third kappa shape index (κ3) is 2.28. The maximum atomic E-state index is 6.23. The zero-order valence-corrected chi connectivity index (χ0v) is 11.7. The van der Waals surface area contributed by atoms with Crippen LogP contribution in [-0.2, 0) is 0 Å². The fraction of sp³-hybridized carbons (Fsp3) is 0.154. The summed E-state index contributed by atoms with van der Waals surface area (Å²) in [6, 6.07) is 5.36. The maximum Gasteiger partial charge on any atom is 0.0686 e. The number of benzene rings is 1. The molecule has 0 amide bonds. The normalized spacial score (nSPS) is 10.6. The van der Waals surface area contributed by atoms with Crippen molar-refractivity contribution in [3.63, 3.8) is 0 Å². The summed E-state index contributed by atoms with van der Waals surface area (Å²) in [7, 11) is 0. The minimum atomic E-state index is 0.471. The van der Waals surface area contributed by atoms with Crippen molar-refractivity contribution < 1.29 is 0 Å². The van der Waals surface area contributed by atoms with Crippen LogP contribution in [0.4, 0.5) is 0 Å².